The molecule has 2 heteroatoms. The first-order valence-electron chi connectivity index (χ1n) is 4.62. The van der Waals surface area contributed by atoms with E-state index in [0.29, 0.717) is 12.0 Å². The van der Waals surface area contributed by atoms with Gasteiger partial charge in [0.2, 0.25) is 0 Å². The fourth-order valence-corrected chi connectivity index (χ4v) is 1.92. The summed E-state index contributed by atoms with van der Waals surface area (Å²) in [7, 11) is 0. The van der Waals surface area contributed by atoms with Crippen molar-refractivity contribution in [2.24, 2.45) is 0 Å². The molecule has 0 aromatic heterocycles. The Balaban J connectivity index is 2.55. The molecule has 1 aromatic carbocycles. The number of hydrogen-bond acceptors (Lipinski definition) is 1. The molecule has 14 heavy (non-hydrogen) atoms. The van der Waals surface area contributed by atoms with Crippen LogP contribution in [0.15, 0.2) is 23.8 Å². The maximum absolute atomic E-state index is 10.9. The van der Waals surface area contributed by atoms with Crippen LogP contribution in [-0.2, 0) is 11.2 Å². The van der Waals surface area contributed by atoms with Crippen LogP contribution in [0.4, 0.5) is 0 Å². The third kappa shape index (κ3) is 1.23. The van der Waals surface area contributed by atoms with E-state index in [1.807, 2.05) is 26.0 Å². The Hall–Kier alpha value is -1.57. The molecule has 1 aliphatic carbocycles. The fraction of sp³-hybridized carbons (Fsp3) is 0.250. The van der Waals surface area contributed by atoms with E-state index in [-0.39, 0.29) is 0 Å². The molecule has 1 N–H and O–H groups in total. The molecular formula is C12H12O2. The SMILES string of the molecule is CC1=C(C(=O)O)Cc2ccc(C)cc21. The van der Waals surface area contributed by atoms with Crippen LogP contribution in [0, 0.1) is 6.92 Å². The molecule has 0 fully saturated rings. The first-order valence-corrected chi connectivity index (χ1v) is 4.62. The number of benzene rings is 1. The molecule has 0 aliphatic heterocycles. The standard InChI is InChI=1S/C12H12O2/c1-7-3-4-9-6-11(12(13)14)8(2)10(9)5-7/h3-5H,6H2,1-2H3,(H,13,14). The molecule has 2 nitrogen and oxygen atoms in total. The third-order valence-corrected chi connectivity index (χ3v) is 2.75. The highest BCUT2D eigenvalue weighted by atomic mass is 16.4. The molecule has 0 atom stereocenters. The minimum Gasteiger partial charge on any atom is -0.478 e. The Bertz CT molecular complexity index is 442. The second-order valence-electron chi connectivity index (χ2n) is 3.75. The number of aryl methyl sites for hydroxylation is 1. The molecule has 1 aliphatic rings. The molecule has 0 spiro atoms. The minimum atomic E-state index is -0.795. The van der Waals surface area contributed by atoms with Crippen molar-refractivity contribution in [3.63, 3.8) is 0 Å². The zero-order valence-electron chi connectivity index (χ0n) is 8.29. The first-order chi connectivity index (χ1) is 6.59. The van der Waals surface area contributed by atoms with E-state index in [1.165, 1.54) is 5.56 Å². The van der Waals surface area contributed by atoms with Gasteiger partial charge in [0.05, 0.1) is 0 Å². The average Bonchev–Trinajstić information content (AvgIpc) is 2.44. The summed E-state index contributed by atoms with van der Waals surface area (Å²) >= 11 is 0. The van der Waals surface area contributed by atoms with Crippen molar-refractivity contribution in [3.8, 4) is 0 Å². The van der Waals surface area contributed by atoms with Gasteiger partial charge in [-0.15, -0.1) is 0 Å². The summed E-state index contributed by atoms with van der Waals surface area (Å²) in [5, 5.41) is 8.97. The summed E-state index contributed by atoms with van der Waals surface area (Å²) < 4.78 is 0. The number of carboxylic acids is 1. The van der Waals surface area contributed by atoms with Crippen LogP contribution in [0.1, 0.15) is 23.6 Å². The summed E-state index contributed by atoms with van der Waals surface area (Å²) in [6, 6.07) is 6.10. The topological polar surface area (TPSA) is 37.3 Å². The van der Waals surface area contributed by atoms with Crippen LogP contribution in [0.25, 0.3) is 5.57 Å². The fourth-order valence-electron chi connectivity index (χ4n) is 1.92. The lowest BCUT2D eigenvalue weighted by molar-refractivity contribution is -0.132. The molecule has 0 amide bonds. The first kappa shape index (κ1) is 9.00. The van der Waals surface area contributed by atoms with Crippen LogP contribution >= 0.6 is 0 Å². The van der Waals surface area contributed by atoms with E-state index in [1.54, 1.807) is 0 Å². The van der Waals surface area contributed by atoms with Gasteiger partial charge in [0.15, 0.2) is 0 Å². The lowest BCUT2D eigenvalue weighted by Crippen LogP contribution is -2.00. The van der Waals surface area contributed by atoms with Crippen LogP contribution < -0.4 is 0 Å². The Morgan fingerprint density at radius 1 is 1.36 bits per heavy atom. The van der Waals surface area contributed by atoms with Crippen molar-refractivity contribution >= 4 is 11.5 Å². The quantitative estimate of drug-likeness (QED) is 0.734. The lowest BCUT2D eigenvalue weighted by Gasteiger charge is -2.01. The molecule has 0 saturated heterocycles. The van der Waals surface area contributed by atoms with Crippen molar-refractivity contribution in [2.45, 2.75) is 20.3 Å². The number of rotatable bonds is 1. The molecule has 0 bridgehead atoms. The zero-order valence-corrected chi connectivity index (χ0v) is 8.29. The van der Waals surface area contributed by atoms with Crippen LogP contribution in [0.3, 0.4) is 0 Å². The van der Waals surface area contributed by atoms with Crippen molar-refractivity contribution in [1.82, 2.24) is 0 Å². The van der Waals surface area contributed by atoms with Gasteiger partial charge in [-0.1, -0.05) is 23.8 Å². The number of aliphatic carboxylic acids is 1. The molecule has 0 saturated carbocycles. The van der Waals surface area contributed by atoms with Crippen molar-refractivity contribution in [2.75, 3.05) is 0 Å². The summed E-state index contributed by atoms with van der Waals surface area (Å²) in [5.74, 6) is -0.795. The number of carboxylic acid groups (broad SMARTS) is 1. The zero-order chi connectivity index (χ0) is 10.3. The van der Waals surface area contributed by atoms with E-state index in [4.69, 9.17) is 5.11 Å². The van der Waals surface area contributed by atoms with Crippen LogP contribution in [0.2, 0.25) is 0 Å². The molecule has 72 valence electrons. The summed E-state index contributed by atoms with van der Waals surface area (Å²) in [6.45, 7) is 3.90. The van der Waals surface area contributed by atoms with E-state index in [9.17, 15) is 4.79 Å². The maximum Gasteiger partial charge on any atom is 0.332 e. The van der Waals surface area contributed by atoms with E-state index in [0.717, 1.165) is 16.7 Å². The van der Waals surface area contributed by atoms with Gasteiger partial charge in [-0.3, -0.25) is 0 Å². The Kier molecular flexibility index (Phi) is 1.92. The normalized spacial score (nSPS) is 14.4. The largest absolute Gasteiger partial charge is 0.478 e. The van der Waals surface area contributed by atoms with Gasteiger partial charge in [0.25, 0.3) is 0 Å². The Labute approximate surface area is 82.9 Å². The summed E-state index contributed by atoms with van der Waals surface area (Å²) in [6.07, 6.45) is 0.566. The van der Waals surface area contributed by atoms with Gasteiger partial charge in [0, 0.05) is 12.0 Å². The van der Waals surface area contributed by atoms with Gasteiger partial charge in [0.1, 0.15) is 0 Å². The summed E-state index contributed by atoms with van der Waals surface area (Å²) in [5.41, 5.74) is 4.85. The Morgan fingerprint density at radius 2 is 2.07 bits per heavy atom. The van der Waals surface area contributed by atoms with Crippen molar-refractivity contribution < 1.29 is 9.90 Å². The lowest BCUT2D eigenvalue weighted by atomic mass is 10.0. The third-order valence-electron chi connectivity index (χ3n) is 2.75. The second kappa shape index (κ2) is 2.98. The molecule has 0 unspecified atom stereocenters. The van der Waals surface area contributed by atoms with Gasteiger partial charge in [-0.2, -0.15) is 0 Å². The van der Waals surface area contributed by atoms with Gasteiger partial charge in [-0.25, -0.2) is 4.79 Å². The Morgan fingerprint density at radius 3 is 2.71 bits per heavy atom. The summed E-state index contributed by atoms with van der Waals surface area (Å²) in [4.78, 5) is 10.9. The number of carbonyl (C=O) groups is 1. The van der Waals surface area contributed by atoms with E-state index >= 15 is 0 Å². The van der Waals surface area contributed by atoms with Crippen molar-refractivity contribution in [1.29, 1.82) is 0 Å². The van der Waals surface area contributed by atoms with Gasteiger partial charge < -0.3 is 5.11 Å². The minimum absolute atomic E-state index is 0.533. The second-order valence-corrected chi connectivity index (χ2v) is 3.75. The van der Waals surface area contributed by atoms with Crippen LogP contribution in [0.5, 0.6) is 0 Å². The van der Waals surface area contributed by atoms with E-state index in [2.05, 4.69) is 6.07 Å². The highest BCUT2D eigenvalue weighted by molar-refractivity contribution is 5.99. The van der Waals surface area contributed by atoms with Crippen molar-refractivity contribution in [3.05, 3.63) is 40.5 Å². The smallest absolute Gasteiger partial charge is 0.332 e. The maximum atomic E-state index is 10.9. The predicted molar refractivity (Wildman–Crippen MR) is 55.1 cm³/mol. The van der Waals surface area contributed by atoms with Crippen LogP contribution in [-0.4, -0.2) is 11.1 Å². The monoisotopic (exact) mass is 188 g/mol. The molecule has 1 aromatic rings. The van der Waals surface area contributed by atoms with Gasteiger partial charge >= 0.3 is 5.97 Å². The highest BCUT2D eigenvalue weighted by Crippen LogP contribution is 2.32. The molecule has 0 radical (unpaired) electrons. The molecular weight excluding hydrogens is 176 g/mol. The van der Waals surface area contributed by atoms with E-state index < -0.39 is 5.97 Å². The number of hydrogen-bond donors (Lipinski definition) is 1. The molecule has 0 heterocycles. The van der Waals surface area contributed by atoms with Gasteiger partial charge in [-0.05, 0) is 30.5 Å². The highest BCUT2D eigenvalue weighted by Gasteiger charge is 2.22. The number of fused-ring (bicyclic) bond motifs is 1. The molecule has 2 rings (SSSR count). The predicted octanol–water partition coefficient (Wildman–Crippen LogP) is 2.41. The number of allylic oxidation sites excluding steroid dienone is 1. The average molecular weight is 188 g/mol.